The van der Waals surface area contributed by atoms with Crippen molar-refractivity contribution in [2.75, 3.05) is 0 Å². The number of allylic oxidation sites excluding steroid dienone is 4. The molecular weight excluding hydrogens is 348 g/mol. The zero-order chi connectivity index (χ0) is 20.3. The van der Waals surface area contributed by atoms with E-state index in [1.807, 2.05) is 6.08 Å². The average molecular weight is 380 g/mol. The molecule has 0 aromatic heterocycles. The fourth-order valence-corrected chi connectivity index (χ4v) is 2.54. The predicted molar refractivity (Wildman–Crippen MR) is 106 cm³/mol. The molecule has 0 atom stereocenters. The van der Waals surface area contributed by atoms with Crippen LogP contribution in [0.4, 0.5) is 0 Å². The Kier molecular flexibility index (Phi) is 15.7. The molecular formula is C20H32N2O5. The lowest BCUT2D eigenvalue weighted by Crippen LogP contribution is -2.06. The number of carbonyl (C=O) groups is 1. The molecule has 0 radical (unpaired) electrons. The molecule has 7 heteroatoms. The van der Waals surface area contributed by atoms with Crippen LogP contribution in [0.3, 0.4) is 0 Å². The molecule has 0 heterocycles. The molecule has 0 amide bonds. The molecule has 0 unspecified atom stereocenters. The zero-order valence-electron chi connectivity index (χ0n) is 16.3. The lowest BCUT2D eigenvalue weighted by atomic mass is 10.1. The van der Waals surface area contributed by atoms with Crippen LogP contribution in [-0.2, 0) is 4.79 Å². The standard InChI is InChI=1S/C20H32N2O5/c1-2-3-4-5-6-9-12-15-19(21(24)25)18-20(22(26)27)16-13-10-7-8-11-14-17-23/h7,10,15-17H,2-6,8-9,11-14,18H2,1H3/b10-7+,19-15-,20-16-. The fourth-order valence-electron chi connectivity index (χ4n) is 2.54. The number of nitrogens with zero attached hydrogens (tertiary/aromatic N) is 2. The van der Waals surface area contributed by atoms with E-state index < -0.39 is 9.85 Å². The number of unbranched alkanes of at least 4 members (excludes halogenated alkanes) is 8. The van der Waals surface area contributed by atoms with E-state index in [0.29, 0.717) is 19.3 Å². The summed E-state index contributed by atoms with van der Waals surface area (Å²) in [5, 5.41) is 22.3. The fraction of sp³-hybridized carbons (Fsp3) is 0.650. The maximum absolute atomic E-state index is 11.2. The highest BCUT2D eigenvalue weighted by atomic mass is 16.6. The van der Waals surface area contributed by atoms with Crippen LogP contribution in [-0.4, -0.2) is 16.1 Å². The van der Waals surface area contributed by atoms with Crippen molar-refractivity contribution in [2.24, 2.45) is 0 Å². The molecule has 152 valence electrons. The van der Waals surface area contributed by atoms with Crippen molar-refractivity contribution in [1.82, 2.24) is 0 Å². The zero-order valence-corrected chi connectivity index (χ0v) is 16.3. The maximum Gasteiger partial charge on any atom is 0.253 e. The van der Waals surface area contributed by atoms with Gasteiger partial charge in [-0.3, -0.25) is 20.2 Å². The maximum atomic E-state index is 11.2. The summed E-state index contributed by atoms with van der Waals surface area (Å²) >= 11 is 0. The Morgan fingerprint density at radius 3 is 2.04 bits per heavy atom. The Labute approximate surface area is 161 Å². The summed E-state index contributed by atoms with van der Waals surface area (Å²) in [7, 11) is 0. The van der Waals surface area contributed by atoms with Gasteiger partial charge in [0.05, 0.1) is 9.85 Å². The lowest BCUT2D eigenvalue weighted by Gasteiger charge is -2.00. The molecule has 0 aliphatic carbocycles. The van der Waals surface area contributed by atoms with Crippen LogP contribution in [0.15, 0.2) is 35.7 Å². The molecule has 0 aliphatic rings. The third-order valence-electron chi connectivity index (χ3n) is 4.12. The van der Waals surface area contributed by atoms with Crippen molar-refractivity contribution in [2.45, 2.75) is 84.0 Å². The Morgan fingerprint density at radius 1 is 0.778 bits per heavy atom. The largest absolute Gasteiger partial charge is 0.303 e. The summed E-state index contributed by atoms with van der Waals surface area (Å²) in [6, 6.07) is 0. The molecule has 0 fully saturated rings. The third-order valence-corrected chi connectivity index (χ3v) is 4.12. The highest BCUT2D eigenvalue weighted by Gasteiger charge is 2.20. The van der Waals surface area contributed by atoms with Gasteiger partial charge in [0.25, 0.3) is 11.4 Å². The Balaban J connectivity index is 4.54. The van der Waals surface area contributed by atoms with Crippen LogP contribution >= 0.6 is 0 Å². The molecule has 27 heavy (non-hydrogen) atoms. The van der Waals surface area contributed by atoms with Gasteiger partial charge in [-0.25, -0.2) is 0 Å². The van der Waals surface area contributed by atoms with E-state index in [4.69, 9.17) is 0 Å². The van der Waals surface area contributed by atoms with E-state index >= 15 is 0 Å². The third kappa shape index (κ3) is 14.5. The van der Waals surface area contributed by atoms with Gasteiger partial charge in [0.1, 0.15) is 12.7 Å². The first-order valence-electron chi connectivity index (χ1n) is 9.78. The van der Waals surface area contributed by atoms with Gasteiger partial charge in [-0.2, -0.15) is 0 Å². The summed E-state index contributed by atoms with van der Waals surface area (Å²) in [5.41, 5.74) is -0.264. The SMILES string of the molecule is CCCCCCCC/C=C(/C/C(=C/C/C=C/CCCC=O)[N+](=O)[O-])[N+](=O)[O-]. The van der Waals surface area contributed by atoms with E-state index in [-0.39, 0.29) is 17.8 Å². The van der Waals surface area contributed by atoms with Gasteiger partial charge in [-0.15, -0.1) is 0 Å². The number of rotatable bonds is 17. The molecule has 0 saturated heterocycles. The molecule has 0 aromatic carbocycles. The summed E-state index contributed by atoms with van der Waals surface area (Å²) in [6.45, 7) is 2.15. The van der Waals surface area contributed by atoms with Crippen LogP contribution in [0.5, 0.6) is 0 Å². The second kappa shape index (κ2) is 17.1. The van der Waals surface area contributed by atoms with Crippen LogP contribution in [0.1, 0.15) is 84.0 Å². The predicted octanol–water partition coefficient (Wildman–Crippen LogP) is 5.76. The van der Waals surface area contributed by atoms with E-state index in [9.17, 15) is 25.0 Å². The van der Waals surface area contributed by atoms with E-state index in [1.54, 1.807) is 6.08 Å². The minimum atomic E-state index is -0.553. The van der Waals surface area contributed by atoms with Gasteiger partial charge in [0, 0.05) is 6.42 Å². The Bertz CT molecular complexity index is 538. The van der Waals surface area contributed by atoms with Crippen LogP contribution in [0.25, 0.3) is 0 Å². The number of hydrogen-bond donors (Lipinski definition) is 0. The molecule has 7 nitrogen and oxygen atoms in total. The Hall–Kier alpha value is -2.31. The van der Waals surface area contributed by atoms with Crippen molar-refractivity contribution in [1.29, 1.82) is 0 Å². The molecule has 0 rings (SSSR count). The minimum Gasteiger partial charge on any atom is -0.303 e. The van der Waals surface area contributed by atoms with Crippen LogP contribution in [0.2, 0.25) is 0 Å². The topological polar surface area (TPSA) is 103 Å². The monoisotopic (exact) mass is 380 g/mol. The van der Waals surface area contributed by atoms with Gasteiger partial charge >= 0.3 is 0 Å². The van der Waals surface area contributed by atoms with Gasteiger partial charge < -0.3 is 4.79 Å². The normalized spacial score (nSPS) is 12.5. The van der Waals surface area contributed by atoms with Crippen molar-refractivity contribution in [3.05, 3.63) is 55.9 Å². The molecule has 0 bridgehead atoms. The van der Waals surface area contributed by atoms with E-state index in [2.05, 4.69) is 6.92 Å². The molecule has 0 N–H and O–H groups in total. The quantitative estimate of drug-likeness (QED) is 0.105. The smallest absolute Gasteiger partial charge is 0.253 e. The van der Waals surface area contributed by atoms with Gasteiger partial charge in [-0.05, 0) is 44.3 Å². The first-order valence-corrected chi connectivity index (χ1v) is 9.78. The Morgan fingerprint density at radius 2 is 1.41 bits per heavy atom. The first-order chi connectivity index (χ1) is 13.0. The molecule has 0 aliphatic heterocycles. The number of carbonyl (C=O) groups excluding carboxylic acids is 1. The summed E-state index contributed by atoms with van der Waals surface area (Å²) in [6.07, 6.45) is 16.6. The molecule has 0 saturated carbocycles. The summed E-state index contributed by atoms with van der Waals surface area (Å²) < 4.78 is 0. The summed E-state index contributed by atoms with van der Waals surface area (Å²) in [4.78, 5) is 31.5. The molecule has 0 aromatic rings. The number of nitro groups is 2. The molecule has 0 spiro atoms. The van der Waals surface area contributed by atoms with Gasteiger partial charge in [0.15, 0.2) is 0 Å². The van der Waals surface area contributed by atoms with Crippen LogP contribution in [0, 0.1) is 20.2 Å². The second-order valence-electron chi connectivity index (χ2n) is 6.44. The lowest BCUT2D eigenvalue weighted by molar-refractivity contribution is -0.450. The first kappa shape index (κ1) is 24.7. The number of aldehydes is 1. The van der Waals surface area contributed by atoms with Crippen LogP contribution < -0.4 is 0 Å². The van der Waals surface area contributed by atoms with E-state index in [1.165, 1.54) is 31.4 Å². The highest BCUT2D eigenvalue weighted by molar-refractivity contribution is 5.49. The minimum absolute atomic E-state index is 0.110. The van der Waals surface area contributed by atoms with Crippen molar-refractivity contribution in [3.63, 3.8) is 0 Å². The van der Waals surface area contributed by atoms with Crippen molar-refractivity contribution in [3.8, 4) is 0 Å². The average Bonchev–Trinajstić information content (AvgIpc) is 2.63. The number of hydrogen-bond acceptors (Lipinski definition) is 5. The summed E-state index contributed by atoms with van der Waals surface area (Å²) in [5.74, 6) is 0. The second-order valence-corrected chi connectivity index (χ2v) is 6.44. The van der Waals surface area contributed by atoms with E-state index in [0.717, 1.165) is 38.4 Å². The van der Waals surface area contributed by atoms with Crippen molar-refractivity contribution >= 4 is 6.29 Å². The van der Waals surface area contributed by atoms with Crippen molar-refractivity contribution < 1.29 is 14.6 Å². The van der Waals surface area contributed by atoms with Gasteiger partial charge in [0.2, 0.25) is 0 Å². The highest BCUT2D eigenvalue weighted by Crippen LogP contribution is 2.16. The van der Waals surface area contributed by atoms with Gasteiger partial charge in [-0.1, -0.05) is 51.2 Å².